The molecule has 0 amide bonds. The fraction of sp³-hybridized carbons (Fsp3) is 0.333. The summed E-state index contributed by atoms with van der Waals surface area (Å²) in [5.74, 6) is 1.40. The minimum atomic E-state index is -0.155. The van der Waals surface area contributed by atoms with Crippen LogP contribution in [0.1, 0.15) is 11.1 Å². The van der Waals surface area contributed by atoms with Crippen molar-refractivity contribution in [1.82, 2.24) is 4.90 Å². The van der Waals surface area contributed by atoms with E-state index < -0.39 is 0 Å². The summed E-state index contributed by atoms with van der Waals surface area (Å²) in [6, 6.07) is 12.8. The van der Waals surface area contributed by atoms with Gasteiger partial charge in [-0.15, -0.1) is 0 Å². The highest BCUT2D eigenvalue weighted by molar-refractivity contribution is 5.40. The molecule has 2 aromatic rings. The fourth-order valence-electron chi connectivity index (χ4n) is 2.70. The summed E-state index contributed by atoms with van der Waals surface area (Å²) < 4.78 is 25.6. The summed E-state index contributed by atoms with van der Waals surface area (Å²) in [4.78, 5) is 2.06. The quantitative estimate of drug-likeness (QED) is 0.864. The first-order valence-electron chi connectivity index (χ1n) is 7.44. The maximum absolute atomic E-state index is 13.9. The van der Waals surface area contributed by atoms with Crippen molar-refractivity contribution < 1.29 is 13.9 Å². The molecule has 2 aromatic carbocycles. The first kappa shape index (κ1) is 14.9. The number of para-hydroxylation sites is 2. The van der Waals surface area contributed by atoms with E-state index in [0.29, 0.717) is 19.7 Å². The van der Waals surface area contributed by atoms with Crippen molar-refractivity contribution in [2.45, 2.75) is 19.6 Å². The van der Waals surface area contributed by atoms with Crippen molar-refractivity contribution in [3.8, 4) is 11.5 Å². The summed E-state index contributed by atoms with van der Waals surface area (Å²) in [5, 5.41) is 0. The molecule has 1 atom stereocenters. The summed E-state index contributed by atoms with van der Waals surface area (Å²) in [6.07, 6.45) is -0.0491. The monoisotopic (exact) mass is 301 g/mol. The molecular weight excluding hydrogens is 281 g/mol. The largest absolute Gasteiger partial charge is 0.486 e. The van der Waals surface area contributed by atoms with Gasteiger partial charge in [0.05, 0.1) is 0 Å². The van der Waals surface area contributed by atoms with Gasteiger partial charge in [-0.25, -0.2) is 4.39 Å². The van der Waals surface area contributed by atoms with Crippen LogP contribution in [-0.2, 0) is 6.54 Å². The van der Waals surface area contributed by atoms with Crippen molar-refractivity contribution in [1.29, 1.82) is 0 Å². The Hall–Kier alpha value is -2.07. The molecule has 3 nitrogen and oxygen atoms in total. The van der Waals surface area contributed by atoms with Gasteiger partial charge in [0.15, 0.2) is 11.5 Å². The molecule has 4 heteroatoms. The van der Waals surface area contributed by atoms with Crippen LogP contribution in [0.5, 0.6) is 11.5 Å². The number of halogens is 1. The van der Waals surface area contributed by atoms with Gasteiger partial charge in [0.2, 0.25) is 0 Å². The van der Waals surface area contributed by atoms with Gasteiger partial charge in [0, 0.05) is 18.7 Å². The van der Waals surface area contributed by atoms with Gasteiger partial charge in [-0.1, -0.05) is 24.3 Å². The van der Waals surface area contributed by atoms with Gasteiger partial charge >= 0.3 is 0 Å². The number of nitrogens with zero attached hydrogens (tertiary/aromatic N) is 1. The van der Waals surface area contributed by atoms with Crippen molar-refractivity contribution in [3.63, 3.8) is 0 Å². The molecule has 0 saturated carbocycles. The molecule has 0 spiro atoms. The lowest BCUT2D eigenvalue weighted by atomic mass is 10.1. The lowest BCUT2D eigenvalue weighted by Gasteiger charge is -2.29. The van der Waals surface area contributed by atoms with E-state index in [-0.39, 0.29) is 11.9 Å². The highest BCUT2D eigenvalue weighted by Crippen LogP contribution is 2.31. The van der Waals surface area contributed by atoms with Gasteiger partial charge in [-0.2, -0.15) is 0 Å². The predicted octanol–water partition coefficient (Wildman–Crippen LogP) is 3.41. The molecular formula is C18H20FNO2. The predicted molar refractivity (Wildman–Crippen MR) is 83.8 cm³/mol. The first-order chi connectivity index (χ1) is 10.6. The van der Waals surface area contributed by atoms with Crippen LogP contribution in [-0.4, -0.2) is 31.2 Å². The molecule has 0 fully saturated rings. The van der Waals surface area contributed by atoms with Crippen LogP contribution in [0.25, 0.3) is 0 Å². The van der Waals surface area contributed by atoms with E-state index in [9.17, 15) is 4.39 Å². The normalized spacial score (nSPS) is 16.8. The van der Waals surface area contributed by atoms with E-state index in [0.717, 1.165) is 22.6 Å². The summed E-state index contributed by atoms with van der Waals surface area (Å²) in [5.41, 5.74) is 1.71. The van der Waals surface area contributed by atoms with E-state index in [2.05, 4.69) is 4.90 Å². The Morgan fingerprint density at radius 3 is 2.68 bits per heavy atom. The molecule has 1 aliphatic rings. The van der Waals surface area contributed by atoms with Crippen LogP contribution >= 0.6 is 0 Å². The Labute approximate surface area is 130 Å². The zero-order chi connectivity index (χ0) is 15.5. The maximum Gasteiger partial charge on any atom is 0.161 e. The van der Waals surface area contributed by atoms with E-state index in [4.69, 9.17) is 9.47 Å². The van der Waals surface area contributed by atoms with Gasteiger partial charge in [0.25, 0.3) is 0 Å². The van der Waals surface area contributed by atoms with E-state index >= 15 is 0 Å². The van der Waals surface area contributed by atoms with Gasteiger partial charge in [-0.05, 0) is 37.7 Å². The van der Waals surface area contributed by atoms with Crippen molar-refractivity contribution in [3.05, 3.63) is 59.4 Å². The Balaban J connectivity index is 1.62. The smallest absolute Gasteiger partial charge is 0.161 e. The molecule has 0 aliphatic carbocycles. The molecule has 0 N–H and O–H groups in total. The number of ether oxygens (including phenoxy) is 2. The first-order valence-corrected chi connectivity index (χ1v) is 7.44. The van der Waals surface area contributed by atoms with Crippen LogP contribution in [0.4, 0.5) is 4.39 Å². The zero-order valence-electron chi connectivity index (χ0n) is 12.9. The number of aryl methyl sites for hydroxylation is 1. The van der Waals surface area contributed by atoms with Crippen LogP contribution < -0.4 is 9.47 Å². The number of hydrogen-bond acceptors (Lipinski definition) is 3. The third kappa shape index (κ3) is 3.22. The van der Waals surface area contributed by atoms with Crippen molar-refractivity contribution in [2.75, 3.05) is 20.2 Å². The second-order valence-corrected chi connectivity index (χ2v) is 5.73. The lowest BCUT2D eigenvalue weighted by Crippen LogP contribution is -2.39. The number of fused-ring (bicyclic) bond motifs is 1. The molecule has 0 saturated heterocycles. The van der Waals surface area contributed by atoms with Crippen molar-refractivity contribution >= 4 is 0 Å². The Morgan fingerprint density at radius 2 is 1.91 bits per heavy atom. The van der Waals surface area contributed by atoms with Gasteiger partial charge < -0.3 is 9.47 Å². The molecule has 0 radical (unpaired) electrons. The Bertz CT molecular complexity index is 639. The van der Waals surface area contributed by atoms with Crippen LogP contribution in [0.2, 0.25) is 0 Å². The Kier molecular flexibility index (Phi) is 4.29. The standard InChI is InChI=1S/C18H20FNO2/c1-13-6-5-7-16(19)15(13)11-20(2)10-14-12-21-17-8-3-4-9-18(17)22-14/h3-9,14H,10-12H2,1-2H3. The summed E-state index contributed by atoms with van der Waals surface area (Å²) in [7, 11) is 1.97. The molecule has 22 heavy (non-hydrogen) atoms. The van der Waals surface area contributed by atoms with E-state index in [1.807, 2.05) is 44.3 Å². The van der Waals surface area contributed by atoms with Crippen LogP contribution in [0.3, 0.4) is 0 Å². The molecule has 0 aromatic heterocycles. The number of likely N-dealkylation sites (N-methyl/N-ethyl adjacent to an activating group) is 1. The van der Waals surface area contributed by atoms with Crippen LogP contribution in [0, 0.1) is 12.7 Å². The van der Waals surface area contributed by atoms with E-state index in [1.54, 1.807) is 6.07 Å². The highest BCUT2D eigenvalue weighted by atomic mass is 19.1. The SMILES string of the molecule is Cc1cccc(F)c1CN(C)CC1COc2ccccc2O1. The molecule has 3 rings (SSSR count). The fourth-order valence-corrected chi connectivity index (χ4v) is 2.70. The van der Waals surface area contributed by atoms with Crippen molar-refractivity contribution in [2.24, 2.45) is 0 Å². The number of rotatable bonds is 4. The van der Waals surface area contributed by atoms with E-state index in [1.165, 1.54) is 6.07 Å². The third-order valence-corrected chi connectivity index (χ3v) is 3.86. The molecule has 0 bridgehead atoms. The molecule has 1 unspecified atom stereocenters. The topological polar surface area (TPSA) is 21.7 Å². The average molecular weight is 301 g/mol. The van der Waals surface area contributed by atoms with Gasteiger partial charge in [-0.3, -0.25) is 4.90 Å². The highest BCUT2D eigenvalue weighted by Gasteiger charge is 2.22. The second-order valence-electron chi connectivity index (χ2n) is 5.73. The minimum absolute atomic E-state index is 0.0491. The second kappa shape index (κ2) is 6.36. The molecule has 1 aliphatic heterocycles. The summed E-state index contributed by atoms with van der Waals surface area (Å²) >= 11 is 0. The zero-order valence-corrected chi connectivity index (χ0v) is 12.9. The summed E-state index contributed by atoms with van der Waals surface area (Å²) in [6.45, 7) is 3.68. The maximum atomic E-state index is 13.9. The minimum Gasteiger partial charge on any atom is -0.486 e. The average Bonchev–Trinajstić information content (AvgIpc) is 2.51. The molecule has 1 heterocycles. The number of hydrogen-bond donors (Lipinski definition) is 0. The Morgan fingerprint density at radius 1 is 1.14 bits per heavy atom. The lowest BCUT2D eigenvalue weighted by molar-refractivity contribution is 0.0635. The third-order valence-electron chi connectivity index (χ3n) is 3.86. The van der Waals surface area contributed by atoms with Crippen LogP contribution in [0.15, 0.2) is 42.5 Å². The van der Waals surface area contributed by atoms with Gasteiger partial charge in [0.1, 0.15) is 18.5 Å². The number of benzene rings is 2. The molecule has 116 valence electrons.